The molecule has 0 aromatic heterocycles. The van der Waals surface area contributed by atoms with Gasteiger partial charge in [0, 0.05) is 5.56 Å². The smallest absolute Gasteiger partial charge is 0.329 e. The van der Waals surface area contributed by atoms with Gasteiger partial charge in [-0.2, -0.15) is 5.10 Å². The van der Waals surface area contributed by atoms with Crippen LogP contribution < -0.4 is 20.2 Å². The normalized spacial score (nSPS) is 11.7. The van der Waals surface area contributed by atoms with Gasteiger partial charge in [-0.05, 0) is 36.8 Å². The highest BCUT2D eigenvalue weighted by Gasteiger charge is 2.16. The molecular weight excluding hydrogens is 334 g/mol. The predicted molar refractivity (Wildman–Crippen MR) is 98.3 cm³/mol. The number of carbonyl (C=O) groups is 2. The molecule has 2 amide bonds. The first-order valence-electron chi connectivity index (χ1n) is 7.96. The molecule has 1 atom stereocenters. The Morgan fingerprint density at radius 2 is 1.69 bits per heavy atom. The van der Waals surface area contributed by atoms with Crippen LogP contribution in [0.5, 0.6) is 11.5 Å². The number of hydrogen-bond donors (Lipinski definition) is 2. The van der Waals surface area contributed by atoms with Crippen molar-refractivity contribution in [3.63, 3.8) is 0 Å². The summed E-state index contributed by atoms with van der Waals surface area (Å²) in [7, 11) is 3.12. The van der Waals surface area contributed by atoms with Gasteiger partial charge in [0.1, 0.15) is 11.5 Å². The zero-order valence-electron chi connectivity index (χ0n) is 14.9. The van der Waals surface area contributed by atoms with Gasteiger partial charge in [0.05, 0.1) is 26.5 Å². The monoisotopic (exact) mass is 355 g/mol. The molecule has 2 aromatic carbocycles. The minimum absolute atomic E-state index is 0.336. The van der Waals surface area contributed by atoms with Gasteiger partial charge in [-0.3, -0.25) is 9.59 Å². The van der Waals surface area contributed by atoms with Crippen LogP contribution in [0.15, 0.2) is 53.6 Å². The SMILES string of the molecule is COc1ccc([C@@H](C)NC(=O)C(=O)N/N=C\c2ccccc2OC)cc1. The summed E-state index contributed by atoms with van der Waals surface area (Å²) in [5.41, 5.74) is 3.73. The summed E-state index contributed by atoms with van der Waals surface area (Å²) in [4.78, 5) is 23.8. The lowest BCUT2D eigenvalue weighted by Gasteiger charge is -2.13. The molecule has 7 nitrogen and oxygen atoms in total. The van der Waals surface area contributed by atoms with E-state index in [1.165, 1.54) is 6.21 Å². The number of nitrogens with zero attached hydrogens (tertiary/aromatic N) is 1. The Labute approximate surface area is 152 Å². The topological polar surface area (TPSA) is 89.0 Å². The van der Waals surface area contributed by atoms with Crippen molar-refractivity contribution >= 4 is 18.0 Å². The maximum absolute atomic E-state index is 12.0. The minimum atomic E-state index is -0.850. The summed E-state index contributed by atoms with van der Waals surface area (Å²) in [5.74, 6) is -0.291. The fourth-order valence-corrected chi connectivity index (χ4v) is 2.22. The van der Waals surface area contributed by atoms with Crippen LogP contribution in [-0.2, 0) is 9.59 Å². The van der Waals surface area contributed by atoms with Crippen molar-refractivity contribution in [1.82, 2.24) is 10.7 Å². The molecule has 2 N–H and O–H groups in total. The van der Waals surface area contributed by atoms with E-state index < -0.39 is 11.8 Å². The second kappa shape index (κ2) is 9.22. The summed E-state index contributed by atoms with van der Waals surface area (Å²) >= 11 is 0. The molecule has 0 aliphatic rings. The predicted octanol–water partition coefficient (Wildman–Crippen LogP) is 2.03. The number of nitrogens with one attached hydrogen (secondary N) is 2. The van der Waals surface area contributed by atoms with Gasteiger partial charge in [-0.15, -0.1) is 0 Å². The van der Waals surface area contributed by atoms with Crippen molar-refractivity contribution in [3.8, 4) is 11.5 Å². The first kappa shape index (κ1) is 19.0. The van der Waals surface area contributed by atoms with Crippen LogP contribution in [0.2, 0.25) is 0 Å². The van der Waals surface area contributed by atoms with Gasteiger partial charge >= 0.3 is 11.8 Å². The van der Waals surface area contributed by atoms with Crippen molar-refractivity contribution in [2.45, 2.75) is 13.0 Å². The van der Waals surface area contributed by atoms with Crippen LogP contribution >= 0.6 is 0 Å². The molecule has 0 fully saturated rings. The van der Waals surface area contributed by atoms with Gasteiger partial charge < -0.3 is 14.8 Å². The Morgan fingerprint density at radius 3 is 2.35 bits per heavy atom. The standard InChI is InChI=1S/C19H21N3O4/c1-13(14-8-10-16(25-2)11-9-14)21-18(23)19(24)22-20-12-15-6-4-5-7-17(15)26-3/h4-13H,1-3H3,(H,21,23)(H,22,24)/b20-12-/t13-/m1/s1. The van der Waals surface area contributed by atoms with E-state index in [2.05, 4.69) is 15.8 Å². The van der Waals surface area contributed by atoms with Crippen LogP contribution in [0.25, 0.3) is 0 Å². The van der Waals surface area contributed by atoms with Gasteiger partial charge in [0.15, 0.2) is 0 Å². The number of benzene rings is 2. The fourth-order valence-electron chi connectivity index (χ4n) is 2.22. The van der Waals surface area contributed by atoms with E-state index in [-0.39, 0.29) is 6.04 Å². The second-order valence-corrected chi connectivity index (χ2v) is 5.41. The van der Waals surface area contributed by atoms with Crippen molar-refractivity contribution in [2.24, 2.45) is 5.10 Å². The molecular formula is C19H21N3O4. The third-order valence-corrected chi connectivity index (χ3v) is 3.68. The van der Waals surface area contributed by atoms with E-state index in [1.54, 1.807) is 45.4 Å². The Bertz CT molecular complexity index is 788. The molecule has 0 heterocycles. The van der Waals surface area contributed by atoms with Gasteiger partial charge in [0.2, 0.25) is 0 Å². The number of amides is 2. The number of para-hydroxylation sites is 1. The zero-order valence-corrected chi connectivity index (χ0v) is 14.9. The molecule has 0 aliphatic heterocycles. The lowest BCUT2D eigenvalue weighted by molar-refractivity contribution is -0.139. The maximum Gasteiger partial charge on any atom is 0.329 e. The number of hydrogen-bond acceptors (Lipinski definition) is 5. The van der Waals surface area contributed by atoms with Crippen molar-refractivity contribution in [1.29, 1.82) is 0 Å². The highest BCUT2D eigenvalue weighted by Crippen LogP contribution is 2.17. The van der Waals surface area contributed by atoms with Crippen molar-refractivity contribution in [2.75, 3.05) is 14.2 Å². The Morgan fingerprint density at radius 1 is 1.00 bits per heavy atom. The summed E-state index contributed by atoms with van der Waals surface area (Å²) in [6.07, 6.45) is 1.41. The summed E-state index contributed by atoms with van der Waals surface area (Å²) in [5, 5.41) is 6.41. The van der Waals surface area contributed by atoms with Gasteiger partial charge in [0.25, 0.3) is 0 Å². The van der Waals surface area contributed by atoms with Crippen LogP contribution in [-0.4, -0.2) is 32.2 Å². The largest absolute Gasteiger partial charge is 0.497 e. The van der Waals surface area contributed by atoms with E-state index in [1.807, 2.05) is 24.3 Å². The summed E-state index contributed by atoms with van der Waals surface area (Å²) in [6.45, 7) is 1.78. The number of rotatable bonds is 6. The van der Waals surface area contributed by atoms with E-state index in [9.17, 15) is 9.59 Å². The Balaban J connectivity index is 1.90. The third-order valence-electron chi connectivity index (χ3n) is 3.68. The Hall–Kier alpha value is -3.35. The number of carbonyl (C=O) groups excluding carboxylic acids is 2. The molecule has 0 spiro atoms. The quantitative estimate of drug-likeness (QED) is 0.471. The van der Waals surface area contributed by atoms with Crippen molar-refractivity contribution < 1.29 is 19.1 Å². The van der Waals surface area contributed by atoms with E-state index >= 15 is 0 Å². The van der Waals surface area contributed by atoms with Crippen LogP contribution in [0, 0.1) is 0 Å². The third kappa shape index (κ3) is 5.07. The molecule has 0 bridgehead atoms. The number of methoxy groups -OCH3 is 2. The zero-order chi connectivity index (χ0) is 18.9. The highest BCUT2D eigenvalue weighted by atomic mass is 16.5. The van der Waals surface area contributed by atoms with Crippen LogP contribution in [0.3, 0.4) is 0 Å². The van der Waals surface area contributed by atoms with Crippen LogP contribution in [0.4, 0.5) is 0 Å². The van der Waals surface area contributed by atoms with Gasteiger partial charge in [-0.25, -0.2) is 5.43 Å². The number of hydrazone groups is 1. The molecule has 136 valence electrons. The average molecular weight is 355 g/mol. The molecule has 0 radical (unpaired) electrons. The Kier molecular flexibility index (Phi) is 6.73. The number of ether oxygens (including phenoxy) is 2. The highest BCUT2D eigenvalue weighted by molar-refractivity contribution is 6.35. The molecule has 0 unspecified atom stereocenters. The molecule has 0 saturated heterocycles. The molecule has 0 saturated carbocycles. The summed E-state index contributed by atoms with van der Waals surface area (Å²) in [6, 6.07) is 14.1. The second-order valence-electron chi connectivity index (χ2n) is 5.41. The fraction of sp³-hybridized carbons (Fsp3) is 0.211. The first-order chi connectivity index (χ1) is 12.5. The van der Waals surface area contributed by atoms with E-state index in [0.717, 1.165) is 11.3 Å². The minimum Gasteiger partial charge on any atom is -0.497 e. The molecule has 2 aromatic rings. The molecule has 26 heavy (non-hydrogen) atoms. The van der Waals surface area contributed by atoms with Gasteiger partial charge in [-0.1, -0.05) is 24.3 Å². The molecule has 0 aliphatic carbocycles. The van der Waals surface area contributed by atoms with Crippen molar-refractivity contribution in [3.05, 3.63) is 59.7 Å². The van der Waals surface area contributed by atoms with E-state index in [4.69, 9.17) is 9.47 Å². The van der Waals surface area contributed by atoms with E-state index in [0.29, 0.717) is 11.3 Å². The maximum atomic E-state index is 12.0. The lowest BCUT2D eigenvalue weighted by Crippen LogP contribution is -2.39. The first-order valence-corrected chi connectivity index (χ1v) is 7.96. The molecule has 2 rings (SSSR count). The average Bonchev–Trinajstić information content (AvgIpc) is 2.68. The molecule has 7 heteroatoms. The lowest BCUT2D eigenvalue weighted by atomic mass is 10.1. The summed E-state index contributed by atoms with van der Waals surface area (Å²) < 4.78 is 10.3. The van der Waals surface area contributed by atoms with Crippen LogP contribution in [0.1, 0.15) is 24.1 Å².